The SMILES string of the molecule is CCCC1(N)CN(Cc2cncc(C)c2)C1. The van der Waals surface area contributed by atoms with Crippen molar-refractivity contribution in [2.75, 3.05) is 13.1 Å². The second-order valence-electron chi connectivity index (χ2n) is 5.13. The number of hydrogen-bond donors (Lipinski definition) is 1. The molecule has 2 heterocycles. The summed E-state index contributed by atoms with van der Waals surface area (Å²) in [4.78, 5) is 6.61. The van der Waals surface area contributed by atoms with Crippen molar-refractivity contribution in [3.8, 4) is 0 Å². The monoisotopic (exact) mass is 219 g/mol. The van der Waals surface area contributed by atoms with E-state index >= 15 is 0 Å². The summed E-state index contributed by atoms with van der Waals surface area (Å²) >= 11 is 0. The Labute approximate surface area is 97.7 Å². The summed E-state index contributed by atoms with van der Waals surface area (Å²) in [6.07, 6.45) is 6.15. The van der Waals surface area contributed by atoms with Gasteiger partial charge in [0.2, 0.25) is 0 Å². The molecule has 1 aromatic heterocycles. The molecule has 2 N–H and O–H groups in total. The van der Waals surface area contributed by atoms with Gasteiger partial charge >= 0.3 is 0 Å². The molecule has 0 amide bonds. The first-order valence-electron chi connectivity index (χ1n) is 6.03. The summed E-state index contributed by atoms with van der Waals surface area (Å²) in [5.41, 5.74) is 8.82. The molecule has 16 heavy (non-hydrogen) atoms. The molecule has 1 aliphatic rings. The number of nitrogens with zero attached hydrogens (tertiary/aromatic N) is 2. The fourth-order valence-electron chi connectivity index (χ4n) is 2.57. The third-order valence-corrected chi connectivity index (χ3v) is 3.16. The predicted molar refractivity (Wildman–Crippen MR) is 66.1 cm³/mol. The lowest BCUT2D eigenvalue weighted by molar-refractivity contribution is 0.0566. The molecule has 1 aromatic rings. The molecule has 0 bridgehead atoms. The van der Waals surface area contributed by atoms with E-state index in [1.54, 1.807) is 0 Å². The molecule has 2 rings (SSSR count). The Kier molecular flexibility index (Phi) is 3.26. The van der Waals surface area contributed by atoms with Crippen molar-refractivity contribution in [1.29, 1.82) is 0 Å². The van der Waals surface area contributed by atoms with Gasteiger partial charge in [0.1, 0.15) is 0 Å². The number of nitrogens with two attached hydrogens (primary N) is 1. The van der Waals surface area contributed by atoms with Crippen LogP contribution < -0.4 is 5.73 Å². The molecular weight excluding hydrogens is 198 g/mol. The molecule has 0 aromatic carbocycles. The molecule has 0 saturated carbocycles. The number of aromatic nitrogens is 1. The van der Waals surface area contributed by atoms with Crippen LogP contribution in [0, 0.1) is 6.92 Å². The topological polar surface area (TPSA) is 42.1 Å². The van der Waals surface area contributed by atoms with Crippen molar-refractivity contribution in [3.05, 3.63) is 29.6 Å². The van der Waals surface area contributed by atoms with Gasteiger partial charge in [-0.2, -0.15) is 0 Å². The Morgan fingerprint density at radius 1 is 1.44 bits per heavy atom. The normalized spacial score (nSPS) is 19.4. The summed E-state index contributed by atoms with van der Waals surface area (Å²) in [5.74, 6) is 0. The zero-order chi connectivity index (χ0) is 11.6. The van der Waals surface area contributed by atoms with E-state index in [9.17, 15) is 0 Å². The van der Waals surface area contributed by atoms with E-state index in [-0.39, 0.29) is 5.54 Å². The lowest BCUT2D eigenvalue weighted by Crippen LogP contribution is -2.66. The van der Waals surface area contributed by atoms with Crippen molar-refractivity contribution < 1.29 is 0 Å². The van der Waals surface area contributed by atoms with Crippen molar-refractivity contribution in [2.45, 2.75) is 38.8 Å². The van der Waals surface area contributed by atoms with Gasteiger partial charge in [-0.05, 0) is 24.5 Å². The van der Waals surface area contributed by atoms with Crippen LogP contribution in [-0.2, 0) is 6.54 Å². The van der Waals surface area contributed by atoms with Crippen LogP contribution in [0.5, 0.6) is 0 Å². The maximum Gasteiger partial charge on any atom is 0.0412 e. The molecule has 3 heteroatoms. The lowest BCUT2D eigenvalue weighted by Gasteiger charge is -2.48. The first-order valence-corrected chi connectivity index (χ1v) is 6.03. The number of rotatable bonds is 4. The maximum absolute atomic E-state index is 6.23. The molecule has 0 spiro atoms. The zero-order valence-electron chi connectivity index (χ0n) is 10.2. The summed E-state index contributed by atoms with van der Waals surface area (Å²) in [6, 6.07) is 2.20. The molecule has 1 saturated heterocycles. The van der Waals surface area contributed by atoms with Gasteiger partial charge in [-0.3, -0.25) is 9.88 Å². The van der Waals surface area contributed by atoms with Gasteiger partial charge in [0.15, 0.2) is 0 Å². The Balaban J connectivity index is 1.85. The van der Waals surface area contributed by atoms with E-state index in [4.69, 9.17) is 5.73 Å². The molecule has 0 radical (unpaired) electrons. The van der Waals surface area contributed by atoms with Gasteiger partial charge in [0, 0.05) is 37.6 Å². The molecule has 0 atom stereocenters. The third-order valence-electron chi connectivity index (χ3n) is 3.16. The van der Waals surface area contributed by atoms with Crippen LogP contribution in [0.4, 0.5) is 0 Å². The second kappa shape index (κ2) is 4.52. The van der Waals surface area contributed by atoms with Crippen LogP contribution in [0.15, 0.2) is 18.5 Å². The predicted octanol–water partition coefficient (Wildman–Crippen LogP) is 1.70. The fraction of sp³-hybridized carbons (Fsp3) is 0.615. The van der Waals surface area contributed by atoms with Gasteiger partial charge < -0.3 is 5.73 Å². The van der Waals surface area contributed by atoms with Crippen LogP contribution in [0.25, 0.3) is 0 Å². The van der Waals surface area contributed by atoms with Gasteiger partial charge in [-0.15, -0.1) is 0 Å². The van der Waals surface area contributed by atoms with Gasteiger partial charge in [0.05, 0.1) is 0 Å². The van der Waals surface area contributed by atoms with E-state index in [1.165, 1.54) is 17.5 Å². The van der Waals surface area contributed by atoms with Crippen LogP contribution >= 0.6 is 0 Å². The average Bonchev–Trinajstić information content (AvgIpc) is 2.15. The van der Waals surface area contributed by atoms with Crippen molar-refractivity contribution in [2.24, 2.45) is 5.73 Å². The number of pyridine rings is 1. The molecule has 0 unspecified atom stereocenters. The number of hydrogen-bond acceptors (Lipinski definition) is 3. The van der Waals surface area contributed by atoms with E-state index in [1.807, 2.05) is 12.4 Å². The molecular formula is C13H21N3. The standard InChI is InChI=1S/C13H21N3/c1-3-4-13(14)9-16(10-13)8-12-5-11(2)6-15-7-12/h5-7H,3-4,8-10,14H2,1-2H3. The van der Waals surface area contributed by atoms with Crippen LogP contribution in [0.2, 0.25) is 0 Å². The maximum atomic E-state index is 6.23. The summed E-state index contributed by atoms with van der Waals surface area (Å²) < 4.78 is 0. The fourth-order valence-corrected chi connectivity index (χ4v) is 2.57. The zero-order valence-corrected chi connectivity index (χ0v) is 10.2. The summed E-state index contributed by atoms with van der Waals surface area (Å²) in [5, 5.41) is 0. The minimum atomic E-state index is 0.0754. The number of likely N-dealkylation sites (tertiary alicyclic amines) is 1. The number of aryl methyl sites for hydroxylation is 1. The Morgan fingerprint density at radius 2 is 2.19 bits per heavy atom. The first-order chi connectivity index (χ1) is 7.61. The minimum Gasteiger partial charge on any atom is -0.323 e. The summed E-state index contributed by atoms with van der Waals surface area (Å²) in [7, 11) is 0. The molecule has 1 fully saturated rings. The smallest absolute Gasteiger partial charge is 0.0412 e. The average molecular weight is 219 g/mol. The largest absolute Gasteiger partial charge is 0.323 e. The van der Waals surface area contributed by atoms with E-state index in [0.717, 1.165) is 26.1 Å². The van der Waals surface area contributed by atoms with Crippen molar-refractivity contribution in [3.63, 3.8) is 0 Å². The highest BCUT2D eigenvalue weighted by atomic mass is 15.2. The van der Waals surface area contributed by atoms with Crippen LogP contribution in [-0.4, -0.2) is 28.5 Å². The lowest BCUT2D eigenvalue weighted by atomic mass is 9.86. The first kappa shape index (κ1) is 11.6. The minimum absolute atomic E-state index is 0.0754. The second-order valence-corrected chi connectivity index (χ2v) is 5.13. The Morgan fingerprint density at radius 3 is 2.81 bits per heavy atom. The van der Waals surface area contributed by atoms with Crippen LogP contribution in [0.3, 0.4) is 0 Å². The van der Waals surface area contributed by atoms with Crippen LogP contribution in [0.1, 0.15) is 30.9 Å². The van der Waals surface area contributed by atoms with Gasteiger partial charge in [0.25, 0.3) is 0 Å². The van der Waals surface area contributed by atoms with E-state index in [0.29, 0.717) is 0 Å². The molecule has 88 valence electrons. The Bertz CT molecular complexity index is 356. The highest BCUT2D eigenvalue weighted by Crippen LogP contribution is 2.24. The van der Waals surface area contributed by atoms with E-state index in [2.05, 4.69) is 29.8 Å². The quantitative estimate of drug-likeness (QED) is 0.838. The van der Waals surface area contributed by atoms with Gasteiger partial charge in [-0.1, -0.05) is 19.4 Å². The highest BCUT2D eigenvalue weighted by molar-refractivity contribution is 5.17. The van der Waals surface area contributed by atoms with E-state index < -0.39 is 0 Å². The summed E-state index contributed by atoms with van der Waals surface area (Å²) in [6.45, 7) is 7.31. The molecule has 0 aliphatic carbocycles. The third kappa shape index (κ3) is 2.60. The molecule has 3 nitrogen and oxygen atoms in total. The highest BCUT2D eigenvalue weighted by Gasteiger charge is 2.37. The Hall–Kier alpha value is -0.930. The van der Waals surface area contributed by atoms with Crippen molar-refractivity contribution in [1.82, 2.24) is 9.88 Å². The van der Waals surface area contributed by atoms with Gasteiger partial charge in [-0.25, -0.2) is 0 Å². The molecule has 1 aliphatic heterocycles. The van der Waals surface area contributed by atoms with Crippen molar-refractivity contribution >= 4 is 0 Å².